The molecule has 3 aromatic carbocycles. The van der Waals surface area contributed by atoms with E-state index in [0.717, 1.165) is 39.2 Å². The normalized spacial score (nSPS) is 12.1. The van der Waals surface area contributed by atoms with E-state index in [2.05, 4.69) is 10.3 Å². The number of aromatic nitrogens is 2. The van der Waals surface area contributed by atoms with Crippen molar-refractivity contribution in [2.45, 2.75) is 26.1 Å². The third-order valence-electron chi connectivity index (χ3n) is 7.96. The van der Waals surface area contributed by atoms with E-state index in [1.165, 1.54) is 0 Å². The van der Waals surface area contributed by atoms with Gasteiger partial charge in [-0.05, 0) is 64.2 Å². The lowest BCUT2D eigenvalue weighted by molar-refractivity contribution is -0.127. The van der Waals surface area contributed by atoms with E-state index in [4.69, 9.17) is 0 Å². The van der Waals surface area contributed by atoms with Gasteiger partial charge in [0.1, 0.15) is 5.69 Å². The van der Waals surface area contributed by atoms with Crippen molar-refractivity contribution in [2.75, 3.05) is 19.0 Å². The van der Waals surface area contributed by atoms with Crippen molar-refractivity contribution in [1.29, 1.82) is 0 Å². The van der Waals surface area contributed by atoms with Gasteiger partial charge in [0.15, 0.2) is 0 Å². The van der Waals surface area contributed by atoms with E-state index in [9.17, 15) is 14.4 Å². The summed E-state index contributed by atoms with van der Waals surface area (Å²) in [6.45, 7) is 1.17. The summed E-state index contributed by atoms with van der Waals surface area (Å²) < 4.78 is 1.99. The number of carbonyl (C=O) groups is 3. The van der Waals surface area contributed by atoms with Gasteiger partial charge >= 0.3 is 0 Å². The molecule has 0 saturated heterocycles. The van der Waals surface area contributed by atoms with Gasteiger partial charge < -0.3 is 19.7 Å². The molecule has 220 valence electrons. The quantitative estimate of drug-likeness (QED) is 0.281. The van der Waals surface area contributed by atoms with Crippen molar-refractivity contribution in [2.24, 2.45) is 0 Å². The molecular formula is C36H33N5O3. The molecule has 0 spiro atoms. The molecule has 44 heavy (non-hydrogen) atoms. The molecule has 2 aromatic heterocycles. The topological polar surface area (TPSA) is 87.5 Å². The van der Waals surface area contributed by atoms with Crippen molar-refractivity contribution < 1.29 is 14.4 Å². The highest BCUT2D eigenvalue weighted by molar-refractivity contribution is 6.07. The second-order valence-corrected chi connectivity index (χ2v) is 11.1. The molecule has 8 heteroatoms. The van der Waals surface area contributed by atoms with Crippen LogP contribution in [0.25, 0.3) is 11.1 Å². The molecule has 3 amide bonds. The number of hydrogen-bond donors (Lipinski definition) is 1. The Bertz CT molecular complexity index is 1830. The van der Waals surface area contributed by atoms with Crippen LogP contribution in [0, 0.1) is 0 Å². The molecule has 8 nitrogen and oxygen atoms in total. The number of carbonyl (C=O) groups excluding carboxylic acids is 3. The summed E-state index contributed by atoms with van der Waals surface area (Å²) >= 11 is 0. The average Bonchev–Trinajstić information content (AvgIpc) is 3.37. The number of nitrogens with one attached hydrogen (secondary N) is 1. The molecule has 1 aliphatic heterocycles. The zero-order chi connectivity index (χ0) is 30.6. The van der Waals surface area contributed by atoms with Crippen LogP contribution in [0.5, 0.6) is 0 Å². The summed E-state index contributed by atoms with van der Waals surface area (Å²) in [5.74, 6) is -0.277. The van der Waals surface area contributed by atoms with Gasteiger partial charge in [0.25, 0.3) is 11.8 Å². The zero-order valence-electron chi connectivity index (χ0n) is 24.7. The minimum absolute atomic E-state index is 0.0305. The van der Waals surface area contributed by atoms with Crippen LogP contribution in [0.15, 0.2) is 109 Å². The lowest BCUT2D eigenvalue weighted by atomic mass is 9.96. The maximum Gasteiger partial charge on any atom is 0.268 e. The number of anilines is 1. The summed E-state index contributed by atoms with van der Waals surface area (Å²) in [5.41, 5.74) is 7.51. The number of rotatable bonds is 7. The van der Waals surface area contributed by atoms with Gasteiger partial charge in [-0.1, -0.05) is 60.7 Å². The van der Waals surface area contributed by atoms with Gasteiger partial charge in [-0.2, -0.15) is 0 Å². The van der Waals surface area contributed by atoms with Gasteiger partial charge in [-0.25, -0.2) is 0 Å². The molecule has 0 bridgehead atoms. The van der Waals surface area contributed by atoms with Gasteiger partial charge in [-0.3, -0.25) is 19.4 Å². The van der Waals surface area contributed by atoms with E-state index in [-0.39, 0.29) is 17.7 Å². The standard InChI is InChI=1S/C36H33N5O3/c1-39(2)34(42)20-28-9-3-5-11-31(28)26-13-15-27(16-14-26)36(44)41-24-30-17-18-33(35(43)38-22-25-8-7-19-37-21-25)40(30)23-29-10-4-6-12-32(29)41/h3-19,21H,20,22-24H2,1-2H3,(H,38,43). The summed E-state index contributed by atoms with van der Waals surface area (Å²) in [7, 11) is 3.51. The number of pyridine rings is 1. The van der Waals surface area contributed by atoms with Crippen molar-refractivity contribution >= 4 is 23.4 Å². The third kappa shape index (κ3) is 5.87. The number of benzene rings is 3. The number of hydrogen-bond acceptors (Lipinski definition) is 4. The first-order chi connectivity index (χ1) is 21.4. The lowest BCUT2D eigenvalue weighted by Gasteiger charge is -2.23. The second kappa shape index (κ2) is 12.4. The molecule has 1 N–H and O–H groups in total. The molecule has 0 unspecified atom stereocenters. The van der Waals surface area contributed by atoms with Crippen molar-refractivity contribution in [3.05, 3.63) is 143 Å². The number of likely N-dealkylation sites (N-methyl/N-ethyl adjacent to an activating group) is 1. The Morgan fingerprint density at radius 3 is 2.39 bits per heavy atom. The average molecular weight is 584 g/mol. The van der Waals surface area contributed by atoms with E-state index in [0.29, 0.717) is 37.3 Å². The largest absolute Gasteiger partial charge is 0.349 e. The summed E-state index contributed by atoms with van der Waals surface area (Å²) in [4.78, 5) is 47.2. The van der Waals surface area contributed by atoms with Gasteiger partial charge in [0, 0.05) is 50.0 Å². The van der Waals surface area contributed by atoms with Crippen molar-refractivity contribution in [3.63, 3.8) is 0 Å². The first-order valence-electron chi connectivity index (χ1n) is 14.5. The molecule has 3 heterocycles. The minimum Gasteiger partial charge on any atom is -0.349 e. The van der Waals surface area contributed by atoms with Gasteiger partial charge in [0.05, 0.1) is 19.5 Å². The highest BCUT2D eigenvalue weighted by Gasteiger charge is 2.27. The fraction of sp³-hybridized carbons (Fsp3) is 0.167. The van der Waals surface area contributed by atoms with Crippen LogP contribution in [0.1, 0.15) is 43.2 Å². The van der Waals surface area contributed by atoms with Crippen LogP contribution < -0.4 is 10.2 Å². The molecule has 0 aliphatic carbocycles. The van der Waals surface area contributed by atoms with E-state index < -0.39 is 0 Å². The van der Waals surface area contributed by atoms with Crippen LogP contribution in [0.4, 0.5) is 5.69 Å². The SMILES string of the molecule is CN(C)C(=O)Cc1ccccc1-c1ccc(C(=O)N2Cc3ccc(C(=O)NCc4cccnc4)n3Cc3ccccc32)cc1. The maximum absolute atomic E-state index is 14.0. The molecule has 0 radical (unpaired) electrons. The molecule has 5 aromatic rings. The smallest absolute Gasteiger partial charge is 0.268 e. The highest BCUT2D eigenvalue weighted by Crippen LogP contribution is 2.31. The molecular weight excluding hydrogens is 550 g/mol. The first-order valence-corrected chi connectivity index (χ1v) is 14.5. The zero-order valence-corrected chi connectivity index (χ0v) is 24.7. The Morgan fingerprint density at radius 2 is 1.61 bits per heavy atom. The maximum atomic E-state index is 14.0. The fourth-order valence-corrected chi connectivity index (χ4v) is 5.54. The predicted octanol–water partition coefficient (Wildman–Crippen LogP) is 5.32. The monoisotopic (exact) mass is 583 g/mol. The molecule has 0 atom stereocenters. The van der Waals surface area contributed by atoms with Crippen molar-refractivity contribution in [1.82, 2.24) is 19.8 Å². The number of para-hydroxylation sites is 1. The Hall–Kier alpha value is -5.50. The highest BCUT2D eigenvalue weighted by atomic mass is 16.2. The Labute approximate surface area is 256 Å². The van der Waals surface area contributed by atoms with Crippen LogP contribution in [-0.2, 0) is 30.8 Å². The predicted molar refractivity (Wildman–Crippen MR) is 170 cm³/mol. The Kier molecular flexibility index (Phi) is 8.06. The number of fused-ring (bicyclic) bond motifs is 2. The molecule has 1 aliphatic rings. The van der Waals surface area contributed by atoms with E-state index in [1.54, 1.807) is 36.3 Å². The van der Waals surface area contributed by atoms with Crippen molar-refractivity contribution in [3.8, 4) is 11.1 Å². The molecule has 6 rings (SSSR count). The summed E-state index contributed by atoms with van der Waals surface area (Å²) in [6.07, 6.45) is 3.74. The minimum atomic E-state index is -0.180. The molecule has 0 saturated carbocycles. The van der Waals surface area contributed by atoms with Crippen LogP contribution in [0.2, 0.25) is 0 Å². The molecule has 0 fully saturated rings. The van der Waals surface area contributed by atoms with E-state index >= 15 is 0 Å². The fourth-order valence-electron chi connectivity index (χ4n) is 5.54. The Balaban J connectivity index is 1.26. The van der Waals surface area contributed by atoms with Crippen LogP contribution in [-0.4, -0.2) is 46.3 Å². The first kappa shape index (κ1) is 28.6. The van der Waals surface area contributed by atoms with Gasteiger partial charge in [0.2, 0.25) is 5.91 Å². The van der Waals surface area contributed by atoms with Gasteiger partial charge in [-0.15, -0.1) is 0 Å². The summed E-state index contributed by atoms with van der Waals surface area (Å²) in [6, 6.07) is 30.7. The number of amides is 3. The Morgan fingerprint density at radius 1 is 0.841 bits per heavy atom. The van der Waals surface area contributed by atoms with E-state index in [1.807, 2.05) is 102 Å². The number of nitrogens with zero attached hydrogens (tertiary/aromatic N) is 4. The van der Waals surface area contributed by atoms with Crippen LogP contribution in [0.3, 0.4) is 0 Å². The third-order valence-corrected chi connectivity index (χ3v) is 7.96. The van der Waals surface area contributed by atoms with Crippen LogP contribution >= 0.6 is 0 Å². The second-order valence-electron chi connectivity index (χ2n) is 11.1. The lowest BCUT2D eigenvalue weighted by Crippen LogP contribution is -2.30. The summed E-state index contributed by atoms with van der Waals surface area (Å²) in [5, 5.41) is 2.99.